The zero-order valence-corrected chi connectivity index (χ0v) is 14.9. The molecule has 0 spiro atoms. The second kappa shape index (κ2) is 7.79. The highest BCUT2D eigenvalue weighted by Crippen LogP contribution is 2.21. The third kappa shape index (κ3) is 3.83. The molecule has 0 aliphatic carbocycles. The number of aromatic amines is 1. The lowest BCUT2D eigenvalue weighted by Crippen LogP contribution is -2.38. The molecule has 0 atom stereocenters. The van der Waals surface area contributed by atoms with Gasteiger partial charge >= 0.3 is 5.69 Å². The Labute approximate surface area is 153 Å². The number of hydrogen-bond acceptors (Lipinski definition) is 3. The van der Waals surface area contributed by atoms with E-state index < -0.39 is 0 Å². The van der Waals surface area contributed by atoms with Crippen LogP contribution in [-0.2, 0) is 6.42 Å². The van der Waals surface area contributed by atoms with Crippen LogP contribution < -0.4 is 10.5 Å². The van der Waals surface area contributed by atoms with Gasteiger partial charge in [0.15, 0.2) is 0 Å². The zero-order chi connectivity index (χ0) is 17.8. The molecule has 4 rings (SSSR count). The molecule has 5 heteroatoms. The van der Waals surface area contributed by atoms with Gasteiger partial charge in [0.2, 0.25) is 0 Å². The van der Waals surface area contributed by atoms with Crippen molar-refractivity contribution in [1.29, 1.82) is 0 Å². The van der Waals surface area contributed by atoms with Crippen LogP contribution in [0, 0.1) is 5.92 Å². The summed E-state index contributed by atoms with van der Waals surface area (Å²) >= 11 is 0. The van der Waals surface area contributed by atoms with Crippen LogP contribution in [-0.4, -0.2) is 40.9 Å². The Kier molecular flexibility index (Phi) is 5.07. The molecular formula is C21H25N3O2. The van der Waals surface area contributed by atoms with Crippen molar-refractivity contribution in [2.24, 2.45) is 5.92 Å². The number of hydrogen-bond donors (Lipinski definition) is 1. The molecule has 0 radical (unpaired) electrons. The number of H-pyrrole nitrogens is 1. The van der Waals surface area contributed by atoms with Gasteiger partial charge in [0.1, 0.15) is 12.1 Å². The van der Waals surface area contributed by atoms with Crippen LogP contribution in [0.1, 0.15) is 18.4 Å². The third-order valence-corrected chi connectivity index (χ3v) is 5.25. The molecule has 1 aliphatic rings. The van der Waals surface area contributed by atoms with E-state index in [0.29, 0.717) is 6.61 Å². The van der Waals surface area contributed by atoms with E-state index in [1.165, 1.54) is 29.6 Å². The van der Waals surface area contributed by atoms with E-state index in [0.717, 1.165) is 36.6 Å². The van der Waals surface area contributed by atoms with E-state index in [1.807, 2.05) is 24.3 Å². The van der Waals surface area contributed by atoms with Gasteiger partial charge in [-0.2, -0.15) is 0 Å². The number of rotatable bonds is 6. The summed E-state index contributed by atoms with van der Waals surface area (Å²) < 4.78 is 1.37. The fourth-order valence-corrected chi connectivity index (χ4v) is 3.78. The van der Waals surface area contributed by atoms with E-state index >= 15 is 0 Å². The predicted octanol–water partition coefficient (Wildman–Crippen LogP) is 2.71. The number of likely N-dealkylation sites (tertiary alicyclic amines) is 1. The van der Waals surface area contributed by atoms with Gasteiger partial charge in [-0.15, -0.1) is 4.73 Å². The van der Waals surface area contributed by atoms with E-state index in [1.54, 1.807) is 0 Å². The van der Waals surface area contributed by atoms with Crippen LogP contribution >= 0.6 is 0 Å². The van der Waals surface area contributed by atoms with Crippen LogP contribution in [0.2, 0.25) is 0 Å². The third-order valence-electron chi connectivity index (χ3n) is 5.25. The van der Waals surface area contributed by atoms with Crippen molar-refractivity contribution < 1.29 is 4.84 Å². The summed E-state index contributed by atoms with van der Waals surface area (Å²) in [5, 5.41) is 0. The molecule has 0 unspecified atom stereocenters. The van der Waals surface area contributed by atoms with Gasteiger partial charge in [0, 0.05) is 6.54 Å². The number of fused-ring (bicyclic) bond motifs is 1. The quantitative estimate of drug-likeness (QED) is 0.743. The van der Waals surface area contributed by atoms with Crippen LogP contribution in [0.25, 0.3) is 11.0 Å². The van der Waals surface area contributed by atoms with E-state index in [4.69, 9.17) is 4.84 Å². The van der Waals surface area contributed by atoms with Gasteiger partial charge in [-0.05, 0) is 56.0 Å². The monoisotopic (exact) mass is 351 g/mol. The molecule has 1 saturated heterocycles. The summed E-state index contributed by atoms with van der Waals surface area (Å²) in [4.78, 5) is 23.0. The topological polar surface area (TPSA) is 50.3 Å². The maximum absolute atomic E-state index is 12.0. The largest absolute Gasteiger partial charge is 0.408 e. The number of nitrogens with zero attached hydrogens (tertiary/aromatic N) is 2. The lowest BCUT2D eigenvalue weighted by molar-refractivity contribution is 0.0754. The number of imidazole rings is 1. The molecule has 0 saturated carbocycles. The van der Waals surface area contributed by atoms with Gasteiger partial charge in [0.05, 0.1) is 5.52 Å². The Balaban J connectivity index is 1.25. The van der Waals surface area contributed by atoms with Crippen molar-refractivity contribution in [3.63, 3.8) is 0 Å². The smallest absolute Gasteiger partial charge is 0.359 e. The second-order valence-corrected chi connectivity index (χ2v) is 7.05. The first kappa shape index (κ1) is 16.9. The van der Waals surface area contributed by atoms with Gasteiger partial charge in [0.25, 0.3) is 0 Å². The Hall–Kier alpha value is -2.53. The van der Waals surface area contributed by atoms with Gasteiger partial charge in [-0.1, -0.05) is 42.5 Å². The highest BCUT2D eigenvalue weighted by molar-refractivity contribution is 5.74. The van der Waals surface area contributed by atoms with Crippen molar-refractivity contribution in [1.82, 2.24) is 14.6 Å². The second-order valence-electron chi connectivity index (χ2n) is 7.05. The Morgan fingerprint density at radius 3 is 2.54 bits per heavy atom. The van der Waals surface area contributed by atoms with Gasteiger partial charge < -0.3 is 9.82 Å². The fourth-order valence-electron chi connectivity index (χ4n) is 3.78. The van der Waals surface area contributed by atoms with E-state index in [2.05, 4.69) is 40.2 Å². The van der Waals surface area contributed by atoms with Crippen molar-refractivity contribution in [3.05, 3.63) is 70.6 Å². The Bertz CT molecular complexity index is 892. The standard InChI is InChI=1S/C21H25N3O2/c25-21-22-19-8-4-5-9-20(19)24(21)26-15-14-23-12-10-18(11-13-23)16-17-6-2-1-3-7-17/h1-9,18H,10-16H2,(H,22,25). The molecule has 26 heavy (non-hydrogen) atoms. The molecule has 136 valence electrons. The lowest BCUT2D eigenvalue weighted by Gasteiger charge is -2.31. The SMILES string of the molecule is O=c1[nH]c2ccccc2n1OCCN1CCC(Cc2ccccc2)CC1. The average molecular weight is 351 g/mol. The molecule has 1 aromatic heterocycles. The van der Waals surface area contributed by atoms with Crippen LogP contribution in [0.15, 0.2) is 59.4 Å². The number of nitrogens with one attached hydrogen (secondary N) is 1. The summed E-state index contributed by atoms with van der Waals surface area (Å²) in [5.41, 5.74) is 2.82. The first-order valence-electron chi connectivity index (χ1n) is 9.39. The van der Waals surface area contributed by atoms with Gasteiger partial charge in [-0.3, -0.25) is 4.90 Å². The first-order chi connectivity index (χ1) is 12.8. The summed E-state index contributed by atoms with van der Waals surface area (Å²) in [5.74, 6) is 0.769. The molecule has 3 aromatic rings. The maximum Gasteiger partial charge on any atom is 0.359 e. The molecule has 2 heterocycles. The van der Waals surface area contributed by atoms with Crippen LogP contribution in [0.4, 0.5) is 0 Å². The minimum atomic E-state index is -0.215. The maximum atomic E-state index is 12.0. The highest BCUT2D eigenvalue weighted by Gasteiger charge is 2.19. The molecule has 1 fully saturated rings. The summed E-state index contributed by atoms with van der Waals surface area (Å²) in [7, 11) is 0. The Morgan fingerprint density at radius 2 is 1.73 bits per heavy atom. The van der Waals surface area contributed by atoms with Gasteiger partial charge in [-0.25, -0.2) is 4.79 Å². The van der Waals surface area contributed by atoms with E-state index in [9.17, 15) is 4.79 Å². The predicted molar refractivity (Wildman–Crippen MR) is 103 cm³/mol. The lowest BCUT2D eigenvalue weighted by atomic mass is 9.90. The van der Waals surface area contributed by atoms with Crippen molar-refractivity contribution >= 4 is 11.0 Å². The number of benzene rings is 2. The number of piperidine rings is 1. The molecular weight excluding hydrogens is 326 g/mol. The summed E-state index contributed by atoms with van der Waals surface area (Å²) in [6, 6.07) is 18.3. The van der Waals surface area contributed by atoms with Crippen molar-refractivity contribution in [3.8, 4) is 0 Å². The minimum Gasteiger partial charge on any atom is -0.408 e. The molecule has 5 nitrogen and oxygen atoms in total. The molecule has 0 amide bonds. The Morgan fingerprint density at radius 1 is 1.00 bits per heavy atom. The molecule has 0 bridgehead atoms. The summed E-state index contributed by atoms with van der Waals surface area (Å²) in [6.45, 7) is 3.57. The number of aromatic nitrogens is 2. The normalized spacial score (nSPS) is 16.2. The molecule has 1 N–H and O–H groups in total. The minimum absolute atomic E-state index is 0.215. The first-order valence-corrected chi connectivity index (χ1v) is 9.39. The highest BCUT2D eigenvalue weighted by atomic mass is 16.7. The van der Waals surface area contributed by atoms with Crippen molar-refractivity contribution in [2.45, 2.75) is 19.3 Å². The van der Waals surface area contributed by atoms with E-state index in [-0.39, 0.29) is 5.69 Å². The number of para-hydroxylation sites is 2. The van der Waals surface area contributed by atoms with Crippen LogP contribution in [0.5, 0.6) is 0 Å². The van der Waals surface area contributed by atoms with Crippen LogP contribution in [0.3, 0.4) is 0 Å². The molecule has 1 aliphatic heterocycles. The molecule has 2 aromatic carbocycles. The fraction of sp³-hybridized carbons (Fsp3) is 0.381. The average Bonchev–Trinajstić information content (AvgIpc) is 2.99. The zero-order valence-electron chi connectivity index (χ0n) is 14.9. The van der Waals surface area contributed by atoms with Crippen molar-refractivity contribution in [2.75, 3.05) is 26.2 Å². The summed E-state index contributed by atoms with van der Waals surface area (Å²) in [6.07, 6.45) is 3.62.